The number of alkyl halides is 1. The van der Waals surface area contributed by atoms with Gasteiger partial charge in [0.15, 0.2) is 0 Å². The molecule has 0 amide bonds. The van der Waals surface area contributed by atoms with E-state index in [9.17, 15) is 0 Å². The molecule has 0 aliphatic carbocycles. The van der Waals surface area contributed by atoms with Crippen LogP contribution < -0.4 is 0 Å². The smallest absolute Gasteiger partial charge is 0.0410 e. The predicted molar refractivity (Wildman–Crippen MR) is 67.8 cm³/mol. The van der Waals surface area contributed by atoms with Crippen molar-refractivity contribution in [3.8, 4) is 0 Å². The molecule has 1 aromatic rings. The zero-order chi connectivity index (χ0) is 10.6. The summed E-state index contributed by atoms with van der Waals surface area (Å²) < 4.78 is 1.06. The Hall–Kier alpha value is 0.110. The summed E-state index contributed by atoms with van der Waals surface area (Å²) >= 11 is 7.02. The number of hydrogen-bond donors (Lipinski definition) is 0. The molecule has 3 heteroatoms. The summed E-state index contributed by atoms with van der Waals surface area (Å²) in [6, 6.07) is 2.14. The van der Waals surface area contributed by atoms with Gasteiger partial charge in [-0.05, 0) is 45.8 Å². The Morgan fingerprint density at radius 3 is 2.64 bits per heavy atom. The van der Waals surface area contributed by atoms with Gasteiger partial charge in [-0.15, -0.1) is 0 Å². The van der Waals surface area contributed by atoms with E-state index in [1.165, 1.54) is 12.0 Å². The highest BCUT2D eigenvalue weighted by molar-refractivity contribution is 9.10. The van der Waals surface area contributed by atoms with Crippen LogP contribution in [0.25, 0.3) is 0 Å². The van der Waals surface area contributed by atoms with Gasteiger partial charge in [-0.1, -0.05) is 29.8 Å². The largest absolute Gasteiger partial charge is 0.263 e. The van der Waals surface area contributed by atoms with Gasteiger partial charge in [-0.2, -0.15) is 0 Å². The average molecular weight is 321 g/mol. The van der Waals surface area contributed by atoms with E-state index in [-0.39, 0.29) is 0 Å². The molecule has 1 aromatic heterocycles. The van der Waals surface area contributed by atoms with Crippen molar-refractivity contribution in [2.24, 2.45) is 5.41 Å². The molecule has 0 bridgehead atoms. The van der Waals surface area contributed by atoms with E-state index >= 15 is 0 Å². The lowest BCUT2D eigenvalue weighted by Gasteiger charge is -2.25. The normalized spacial score (nSPS) is 15.1. The SMILES string of the molecule is CCC(C)(CBr)Cc1cncc(Br)c1. The lowest BCUT2D eigenvalue weighted by Crippen LogP contribution is -2.20. The molecule has 0 radical (unpaired) electrons. The molecular formula is C11H15Br2N. The van der Waals surface area contributed by atoms with Gasteiger partial charge in [0.1, 0.15) is 0 Å². The van der Waals surface area contributed by atoms with Crippen LogP contribution in [0.3, 0.4) is 0 Å². The van der Waals surface area contributed by atoms with E-state index in [4.69, 9.17) is 0 Å². The van der Waals surface area contributed by atoms with Gasteiger partial charge in [0.2, 0.25) is 0 Å². The van der Waals surface area contributed by atoms with Crippen molar-refractivity contribution in [2.45, 2.75) is 26.7 Å². The zero-order valence-electron chi connectivity index (χ0n) is 8.56. The summed E-state index contributed by atoms with van der Waals surface area (Å²) in [6.45, 7) is 4.52. The first kappa shape index (κ1) is 12.2. The first-order valence-electron chi connectivity index (χ1n) is 4.75. The molecule has 1 nitrogen and oxygen atoms in total. The third-order valence-electron chi connectivity index (χ3n) is 2.57. The quantitative estimate of drug-likeness (QED) is 0.758. The molecule has 14 heavy (non-hydrogen) atoms. The summed E-state index contributed by atoms with van der Waals surface area (Å²) in [5, 5.41) is 1.03. The minimum absolute atomic E-state index is 0.336. The highest BCUT2D eigenvalue weighted by Crippen LogP contribution is 2.29. The second kappa shape index (κ2) is 5.26. The van der Waals surface area contributed by atoms with Crippen LogP contribution in [-0.4, -0.2) is 10.3 Å². The van der Waals surface area contributed by atoms with Crippen LogP contribution in [0.1, 0.15) is 25.8 Å². The van der Waals surface area contributed by atoms with E-state index in [0.29, 0.717) is 5.41 Å². The maximum Gasteiger partial charge on any atom is 0.0410 e. The number of aromatic nitrogens is 1. The monoisotopic (exact) mass is 319 g/mol. The Balaban J connectivity index is 2.77. The molecular weight excluding hydrogens is 306 g/mol. The second-order valence-corrected chi connectivity index (χ2v) is 5.46. The molecule has 0 aromatic carbocycles. The zero-order valence-corrected chi connectivity index (χ0v) is 11.7. The molecule has 0 aliphatic rings. The van der Waals surface area contributed by atoms with Crippen molar-refractivity contribution in [2.75, 3.05) is 5.33 Å². The summed E-state index contributed by atoms with van der Waals surface area (Å²) in [7, 11) is 0. The summed E-state index contributed by atoms with van der Waals surface area (Å²) in [5.74, 6) is 0. The molecule has 0 N–H and O–H groups in total. The lowest BCUT2D eigenvalue weighted by atomic mass is 9.84. The third kappa shape index (κ3) is 3.35. The molecule has 0 aliphatic heterocycles. The Labute approximate surface area is 103 Å². The topological polar surface area (TPSA) is 12.9 Å². The molecule has 0 saturated carbocycles. The average Bonchev–Trinajstić information content (AvgIpc) is 2.18. The van der Waals surface area contributed by atoms with E-state index in [1.807, 2.05) is 12.4 Å². The van der Waals surface area contributed by atoms with Crippen LogP contribution in [0.4, 0.5) is 0 Å². The first-order chi connectivity index (χ1) is 6.59. The van der Waals surface area contributed by atoms with Gasteiger partial charge in [-0.25, -0.2) is 0 Å². The van der Waals surface area contributed by atoms with Crippen LogP contribution in [0, 0.1) is 5.41 Å². The van der Waals surface area contributed by atoms with Crippen molar-refractivity contribution < 1.29 is 0 Å². The van der Waals surface area contributed by atoms with E-state index in [1.54, 1.807) is 0 Å². The fourth-order valence-electron chi connectivity index (χ4n) is 1.31. The van der Waals surface area contributed by atoms with Crippen LogP contribution in [0.15, 0.2) is 22.9 Å². The number of halogens is 2. The summed E-state index contributed by atoms with van der Waals surface area (Å²) in [4.78, 5) is 4.17. The van der Waals surface area contributed by atoms with Crippen LogP contribution >= 0.6 is 31.9 Å². The van der Waals surface area contributed by atoms with E-state index < -0.39 is 0 Å². The van der Waals surface area contributed by atoms with Gasteiger partial charge in [0.25, 0.3) is 0 Å². The molecule has 1 rings (SSSR count). The maximum atomic E-state index is 4.17. The summed E-state index contributed by atoms with van der Waals surface area (Å²) in [6.07, 6.45) is 6.01. The molecule has 1 atom stereocenters. The van der Waals surface area contributed by atoms with E-state index in [2.05, 4.69) is 56.8 Å². The Morgan fingerprint density at radius 1 is 1.43 bits per heavy atom. The van der Waals surface area contributed by atoms with Gasteiger partial charge < -0.3 is 0 Å². The molecule has 0 fully saturated rings. The van der Waals surface area contributed by atoms with Gasteiger partial charge in [0, 0.05) is 22.2 Å². The van der Waals surface area contributed by atoms with Crippen molar-refractivity contribution in [3.05, 3.63) is 28.5 Å². The lowest BCUT2D eigenvalue weighted by molar-refractivity contribution is 0.361. The minimum atomic E-state index is 0.336. The van der Waals surface area contributed by atoms with E-state index in [0.717, 1.165) is 16.2 Å². The second-order valence-electron chi connectivity index (χ2n) is 3.99. The molecule has 1 unspecified atom stereocenters. The molecule has 1 heterocycles. The van der Waals surface area contributed by atoms with Gasteiger partial charge in [-0.3, -0.25) is 4.98 Å². The number of rotatable bonds is 4. The first-order valence-corrected chi connectivity index (χ1v) is 6.66. The van der Waals surface area contributed by atoms with Crippen LogP contribution in [-0.2, 0) is 6.42 Å². The Morgan fingerprint density at radius 2 is 2.14 bits per heavy atom. The van der Waals surface area contributed by atoms with Gasteiger partial charge >= 0.3 is 0 Å². The molecule has 0 saturated heterocycles. The standard InChI is InChI=1S/C11H15Br2N/c1-3-11(2,8-12)5-9-4-10(13)7-14-6-9/h4,6-7H,3,5,8H2,1-2H3. The highest BCUT2D eigenvalue weighted by atomic mass is 79.9. The highest BCUT2D eigenvalue weighted by Gasteiger charge is 2.21. The molecule has 78 valence electrons. The van der Waals surface area contributed by atoms with Gasteiger partial charge in [0.05, 0.1) is 0 Å². The van der Waals surface area contributed by atoms with Crippen molar-refractivity contribution in [1.29, 1.82) is 0 Å². The maximum absolute atomic E-state index is 4.17. The van der Waals surface area contributed by atoms with Crippen LogP contribution in [0.2, 0.25) is 0 Å². The number of nitrogens with zero attached hydrogens (tertiary/aromatic N) is 1. The Bertz CT molecular complexity index is 295. The number of pyridine rings is 1. The van der Waals surface area contributed by atoms with Crippen LogP contribution in [0.5, 0.6) is 0 Å². The Kier molecular flexibility index (Phi) is 4.58. The molecule has 0 spiro atoms. The van der Waals surface area contributed by atoms with Crippen molar-refractivity contribution >= 4 is 31.9 Å². The summed E-state index contributed by atoms with van der Waals surface area (Å²) in [5.41, 5.74) is 1.63. The fourth-order valence-corrected chi connectivity index (χ4v) is 2.32. The van der Waals surface area contributed by atoms with Crippen molar-refractivity contribution in [1.82, 2.24) is 4.98 Å². The minimum Gasteiger partial charge on any atom is -0.263 e. The fraction of sp³-hybridized carbons (Fsp3) is 0.545. The number of hydrogen-bond acceptors (Lipinski definition) is 1. The third-order valence-corrected chi connectivity index (χ3v) is 4.36. The predicted octanol–water partition coefficient (Wildman–Crippen LogP) is 4.20. The van der Waals surface area contributed by atoms with Crippen molar-refractivity contribution in [3.63, 3.8) is 0 Å².